The lowest BCUT2D eigenvalue weighted by molar-refractivity contribution is -0.384. The molecule has 1 heterocycles. The van der Waals surface area contributed by atoms with Gasteiger partial charge in [-0.25, -0.2) is 4.39 Å². The van der Waals surface area contributed by atoms with Crippen LogP contribution in [0.3, 0.4) is 0 Å². The molecule has 0 aromatic heterocycles. The van der Waals surface area contributed by atoms with Gasteiger partial charge in [-0.2, -0.15) is 5.26 Å². The standard InChI is InChI=1S/C28H22FN5O4S/c1-17-25(27(36)33-18-7-3-2-4-8-18)26(21-9-5-6-10-23(21)29)22(15-30)28(31-17)39-16-24(35)32-19-11-13-20(14-12-19)34(37)38/h2-14,26,31H,16H2,1H3,(H,32,35)(H,33,36). The summed E-state index contributed by atoms with van der Waals surface area (Å²) >= 11 is 1.03. The molecule has 1 aliphatic heterocycles. The van der Waals surface area contributed by atoms with Crippen molar-refractivity contribution in [1.29, 1.82) is 5.26 Å². The zero-order valence-electron chi connectivity index (χ0n) is 20.6. The number of nitrogens with zero attached hydrogens (tertiary/aromatic N) is 2. The summed E-state index contributed by atoms with van der Waals surface area (Å²) in [5.41, 5.74) is 1.65. The number of rotatable bonds is 8. The van der Waals surface area contributed by atoms with E-state index in [4.69, 9.17) is 0 Å². The third-order valence-electron chi connectivity index (χ3n) is 5.85. The monoisotopic (exact) mass is 543 g/mol. The number of hydrogen-bond acceptors (Lipinski definition) is 7. The Kier molecular flexibility index (Phi) is 8.38. The number of amides is 2. The van der Waals surface area contributed by atoms with Gasteiger partial charge in [-0.1, -0.05) is 48.2 Å². The average molecular weight is 544 g/mol. The molecule has 0 spiro atoms. The molecule has 1 aliphatic rings. The van der Waals surface area contributed by atoms with Gasteiger partial charge in [0.2, 0.25) is 5.91 Å². The molecule has 9 nitrogen and oxygen atoms in total. The van der Waals surface area contributed by atoms with Gasteiger partial charge < -0.3 is 16.0 Å². The topological polar surface area (TPSA) is 137 Å². The first-order valence-corrected chi connectivity index (χ1v) is 12.7. The van der Waals surface area contributed by atoms with Crippen molar-refractivity contribution in [3.05, 3.63) is 122 Å². The van der Waals surface area contributed by atoms with Crippen LogP contribution in [-0.4, -0.2) is 22.5 Å². The molecule has 1 atom stereocenters. The highest BCUT2D eigenvalue weighted by Crippen LogP contribution is 2.41. The third kappa shape index (κ3) is 6.31. The summed E-state index contributed by atoms with van der Waals surface area (Å²) in [6, 6.07) is 22.2. The SMILES string of the molecule is CC1=C(C(=O)Nc2ccccc2)C(c2ccccc2F)C(C#N)=C(SCC(=O)Nc2ccc([N+](=O)[O-])cc2)N1. The maximum atomic E-state index is 15.0. The Morgan fingerprint density at radius 2 is 1.67 bits per heavy atom. The van der Waals surface area contributed by atoms with E-state index in [0.717, 1.165) is 11.8 Å². The minimum Gasteiger partial charge on any atom is -0.353 e. The minimum absolute atomic E-state index is 0.0945. The molecule has 2 amide bonds. The summed E-state index contributed by atoms with van der Waals surface area (Å²) in [6.07, 6.45) is 0. The molecule has 0 saturated carbocycles. The molecule has 3 N–H and O–H groups in total. The average Bonchev–Trinajstić information content (AvgIpc) is 2.92. The first-order valence-electron chi connectivity index (χ1n) is 11.7. The molecule has 0 fully saturated rings. The lowest BCUT2D eigenvalue weighted by atomic mass is 9.82. The van der Waals surface area contributed by atoms with Crippen molar-refractivity contribution in [1.82, 2.24) is 5.32 Å². The second kappa shape index (κ2) is 12.1. The molecule has 11 heteroatoms. The van der Waals surface area contributed by atoms with Crippen molar-refractivity contribution in [2.75, 3.05) is 16.4 Å². The van der Waals surface area contributed by atoms with Gasteiger partial charge >= 0.3 is 0 Å². The number of hydrogen-bond donors (Lipinski definition) is 3. The van der Waals surface area contributed by atoms with Gasteiger partial charge in [0.15, 0.2) is 0 Å². The predicted molar refractivity (Wildman–Crippen MR) is 147 cm³/mol. The number of para-hydroxylation sites is 1. The molecule has 3 aromatic rings. The number of nitro benzene ring substituents is 1. The number of allylic oxidation sites excluding steroid dienone is 2. The van der Waals surface area contributed by atoms with Gasteiger partial charge in [0.25, 0.3) is 11.6 Å². The Hall–Kier alpha value is -4.95. The van der Waals surface area contributed by atoms with Gasteiger partial charge in [0.05, 0.1) is 33.3 Å². The number of thioether (sulfide) groups is 1. The van der Waals surface area contributed by atoms with Crippen molar-refractivity contribution in [3.63, 3.8) is 0 Å². The van der Waals surface area contributed by atoms with E-state index in [1.54, 1.807) is 37.3 Å². The molecule has 4 rings (SSSR count). The fourth-order valence-corrected chi connectivity index (χ4v) is 4.96. The summed E-state index contributed by atoms with van der Waals surface area (Å²) in [6.45, 7) is 1.65. The second-order valence-electron chi connectivity index (χ2n) is 8.43. The van der Waals surface area contributed by atoms with Crippen LogP contribution in [0.2, 0.25) is 0 Å². The normalized spacial score (nSPS) is 14.7. The zero-order chi connectivity index (χ0) is 27.9. The number of carbonyl (C=O) groups is 2. The van der Waals surface area contributed by atoms with E-state index < -0.39 is 28.5 Å². The number of benzene rings is 3. The predicted octanol–water partition coefficient (Wildman–Crippen LogP) is 5.44. The van der Waals surface area contributed by atoms with Gasteiger partial charge in [-0.15, -0.1) is 0 Å². The molecule has 0 aliphatic carbocycles. The van der Waals surface area contributed by atoms with Crippen LogP contribution < -0.4 is 16.0 Å². The third-order valence-corrected chi connectivity index (χ3v) is 6.87. The highest BCUT2D eigenvalue weighted by molar-refractivity contribution is 8.03. The van der Waals surface area contributed by atoms with Crippen LogP contribution in [0.1, 0.15) is 18.4 Å². The highest BCUT2D eigenvalue weighted by Gasteiger charge is 2.36. The molecule has 0 saturated heterocycles. The van der Waals surface area contributed by atoms with E-state index in [-0.39, 0.29) is 28.1 Å². The number of nitrogens with one attached hydrogen (secondary N) is 3. The van der Waals surface area contributed by atoms with E-state index in [1.165, 1.54) is 42.5 Å². The number of dihydropyridines is 1. The van der Waals surface area contributed by atoms with Crippen molar-refractivity contribution in [2.24, 2.45) is 0 Å². The molecular weight excluding hydrogens is 521 g/mol. The second-order valence-corrected chi connectivity index (χ2v) is 9.42. The van der Waals surface area contributed by atoms with Crippen LogP contribution in [0.25, 0.3) is 0 Å². The van der Waals surface area contributed by atoms with Gasteiger partial charge in [-0.05, 0) is 37.3 Å². The smallest absolute Gasteiger partial charge is 0.269 e. The largest absolute Gasteiger partial charge is 0.353 e. The van der Waals surface area contributed by atoms with E-state index in [0.29, 0.717) is 22.1 Å². The fourth-order valence-electron chi connectivity index (χ4n) is 4.07. The van der Waals surface area contributed by atoms with Gasteiger partial charge in [0.1, 0.15) is 5.82 Å². The molecule has 196 valence electrons. The number of halogens is 1. The van der Waals surface area contributed by atoms with Crippen LogP contribution in [0.5, 0.6) is 0 Å². The van der Waals surface area contributed by atoms with E-state index in [1.807, 2.05) is 6.07 Å². The first kappa shape index (κ1) is 27.1. The van der Waals surface area contributed by atoms with Crippen molar-refractivity contribution in [2.45, 2.75) is 12.8 Å². The first-order chi connectivity index (χ1) is 18.8. The Balaban J connectivity index is 1.60. The summed E-state index contributed by atoms with van der Waals surface area (Å²) in [4.78, 5) is 36.3. The number of anilines is 2. The Morgan fingerprint density at radius 1 is 1.03 bits per heavy atom. The fraction of sp³-hybridized carbons (Fsp3) is 0.107. The van der Waals surface area contributed by atoms with Crippen LogP contribution >= 0.6 is 11.8 Å². The number of carbonyl (C=O) groups excluding carboxylic acids is 2. The Morgan fingerprint density at radius 3 is 2.31 bits per heavy atom. The summed E-state index contributed by atoms with van der Waals surface area (Å²) in [5, 5.41) is 29.8. The van der Waals surface area contributed by atoms with Gasteiger partial charge in [0, 0.05) is 40.3 Å². The lowest BCUT2D eigenvalue weighted by Crippen LogP contribution is -2.31. The summed E-state index contributed by atoms with van der Waals surface area (Å²) in [5.74, 6) is -2.62. The van der Waals surface area contributed by atoms with Crippen LogP contribution in [0.15, 0.2) is 101 Å². The lowest BCUT2D eigenvalue weighted by Gasteiger charge is -2.30. The summed E-state index contributed by atoms with van der Waals surface area (Å²) in [7, 11) is 0. The number of nitriles is 1. The molecular formula is C28H22FN5O4S. The molecule has 39 heavy (non-hydrogen) atoms. The minimum atomic E-state index is -1.01. The Labute approximate surface area is 227 Å². The number of nitro groups is 1. The van der Waals surface area contributed by atoms with Crippen LogP contribution in [0.4, 0.5) is 21.5 Å². The quantitative estimate of drug-likeness (QED) is 0.254. The molecule has 0 radical (unpaired) electrons. The molecule has 0 bridgehead atoms. The maximum Gasteiger partial charge on any atom is 0.269 e. The highest BCUT2D eigenvalue weighted by atomic mass is 32.2. The van der Waals surface area contributed by atoms with Crippen molar-refractivity contribution < 1.29 is 18.9 Å². The van der Waals surface area contributed by atoms with Gasteiger partial charge in [-0.3, -0.25) is 19.7 Å². The van der Waals surface area contributed by atoms with E-state index in [9.17, 15) is 25.0 Å². The molecule has 3 aromatic carbocycles. The van der Waals surface area contributed by atoms with Crippen LogP contribution in [-0.2, 0) is 9.59 Å². The van der Waals surface area contributed by atoms with E-state index >= 15 is 4.39 Å². The zero-order valence-corrected chi connectivity index (χ0v) is 21.4. The van der Waals surface area contributed by atoms with Crippen molar-refractivity contribution >= 4 is 40.6 Å². The molecule has 1 unspecified atom stereocenters. The van der Waals surface area contributed by atoms with Crippen molar-refractivity contribution in [3.8, 4) is 6.07 Å². The maximum absolute atomic E-state index is 15.0. The summed E-state index contributed by atoms with van der Waals surface area (Å²) < 4.78 is 15.0. The Bertz CT molecular complexity index is 1530. The van der Waals surface area contributed by atoms with Crippen LogP contribution in [0, 0.1) is 27.3 Å². The van der Waals surface area contributed by atoms with E-state index in [2.05, 4.69) is 22.0 Å². The number of non-ortho nitro benzene ring substituents is 1.